The molecule has 31 heavy (non-hydrogen) atoms. The maximum Gasteiger partial charge on any atom is 0.416 e. The first kappa shape index (κ1) is 20.2. The molecule has 0 bridgehead atoms. The number of benzene rings is 2. The van der Waals surface area contributed by atoms with Crippen LogP contribution in [0.4, 0.5) is 35.9 Å². The average Bonchev–Trinajstić information content (AvgIpc) is 3.17. The minimum absolute atomic E-state index is 0.0175. The van der Waals surface area contributed by atoms with Gasteiger partial charge in [-0.25, -0.2) is 0 Å². The zero-order valence-corrected chi connectivity index (χ0v) is 16.0. The van der Waals surface area contributed by atoms with Gasteiger partial charge in [0.2, 0.25) is 0 Å². The second kappa shape index (κ2) is 7.31. The van der Waals surface area contributed by atoms with Crippen LogP contribution in [0, 0.1) is 0 Å². The first-order valence-corrected chi connectivity index (χ1v) is 9.07. The van der Waals surface area contributed by atoms with Gasteiger partial charge < -0.3 is 20.9 Å². The van der Waals surface area contributed by atoms with Gasteiger partial charge in [-0.1, -0.05) is 0 Å². The highest BCUT2D eigenvalue weighted by Crippen LogP contribution is 2.32. The monoisotopic (exact) mass is 428 g/mol. The topological polar surface area (TPSA) is 103 Å². The van der Waals surface area contributed by atoms with Crippen molar-refractivity contribution >= 4 is 39.6 Å². The summed E-state index contributed by atoms with van der Waals surface area (Å²) in [5.74, 6) is -0.284. The number of hydrogen-bond acceptors (Lipinski definition) is 5. The first-order chi connectivity index (χ1) is 14.7. The Morgan fingerprint density at radius 1 is 0.935 bits per heavy atom. The van der Waals surface area contributed by atoms with E-state index in [0.717, 1.165) is 12.1 Å². The van der Waals surface area contributed by atoms with Crippen LogP contribution in [0.3, 0.4) is 0 Å². The number of carbonyl (C=O) groups excluding carboxylic acids is 1. The van der Waals surface area contributed by atoms with Gasteiger partial charge in [-0.05, 0) is 42.5 Å². The summed E-state index contributed by atoms with van der Waals surface area (Å²) < 4.78 is 38.1. The van der Waals surface area contributed by atoms with Gasteiger partial charge in [0.05, 0.1) is 11.3 Å². The fourth-order valence-electron chi connectivity index (χ4n) is 3.16. The third kappa shape index (κ3) is 3.63. The summed E-state index contributed by atoms with van der Waals surface area (Å²) >= 11 is 0. The molecule has 0 aliphatic heterocycles. The molecule has 0 saturated carbocycles. The zero-order valence-electron chi connectivity index (χ0n) is 16.0. The van der Waals surface area contributed by atoms with Crippen LogP contribution in [0.2, 0.25) is 0 Å². The van der Waals surface area contributed by atoms with E-state index < -0.39 is 22.6 Å². The standard InChI is InChI=1S/C21H15F3N4O3/c1-25-20(31)10-2-7-14-13(8-10)15(9-26-14)28-17-16(18(29)19(17)30)27-12-5-3-11(4-6-12)21(22,23)24/h2-9,26-28H,1H3,(H,25,31). The van der Waals surface area contributed by atoms with Crippen molar-refractivity contribution in [3.8, 4) is 0 Å². The molecule has 0 unspecified atom stereocenters. The predicted octanol–water partition coefficient (Wildman–Crippen LogP) is 3.63. The Labute approximate surface area is 172 Å². The Bertz CT molecular complexity index is 1360. The van der Waals surface area contributed by atoms with E-state index in [9.17, 15) is 27.6 Å². The number of aromatic nitrogens is 1. The molecule has 0 fully saturated rings. The van der Waals surface area contributed by atoms with Crippen LogP contribution >= 0.6 is 0 Å². The maximum absolute atomic E-state index is 12.7. The number of nitrogens with one attached hydrogen (secondary N) is 4. The Hall–Kier alpha value is -4.08. The summed E-state index contributed by atoms with van der Waals surface area (Å²) in [6, 6.07) is 9.06. The zero-order chi connectivity index (χ0) is 22.3. The van der Waals surface area contributed by atoms with Crippen LogP contribution in [0.5, 0.6) is 0 Å². The molecule has 10 heteroatoms. The van der Waals surface area contributed by atoms with Crippen molar-refractivity contribution < 1.29 is 18.0 Å². The lowest BCUT2D eigenvalue weighted by atomic mass is 10.1. The van der Waals surface area contributed by atoms with Gasteiger partial charge in [0.1, 0.15) is 11.4 Å². The molecule has 1 amide bonds. The van der Waals surface area contributed by atoms with E-state index in [0.29, 0.717) is 22.2 Å². The molecule has 4 aromatic rings. The second-order valence-corrected chi connectivity index (χ2v) is 6.78. The summed E-state index contributed by atoms with van der Waals surface area (Å²) in [4.78, 5) is 39.0. The highest BCUT2D eigenvalue weighted by Gasteiger charge is 2.30. The third-order valence-electron chi connectivity index (χ3n) is 4.82. The van der Waals surface area contributed by atoms with E-state index in [4.69, 9.17) is 0 Å². The highest BCUT2D eigenvalue weighted by atomic mass is 19.4. The maximum atomic E-state index is 12.7. The van der Waals surface area contributed by atoms with Crippen LogP contribution in [0.1, 0.15) is 15.9 Å². The lowest BCUT2D eigenvalue weighted by Crippen LogP contribution is -2.35. The molecule has 0 radical (unpaired) electrons. The van der Waals surface area contributed by atoms with E-state index in [1.807, 2.05) is 0 Å². The van der Waals surface area contributed by atoms with Gasteiger partial charge in [0.25, 0.3) is 16.8 Å². The average molecular weight is 428 g/mol. The van der Waals surface area contributed by atoms with Crippen LogP contribution in [0.25, 0.3) is 10.9 Å². The largest absolute Gasteiger partial charge is 0.416 e. The van der Waals surface area contributed by atoms with E-state index >= 15 is 0 Å². The summed E-state index contributed by atoms with van der Waals surface area (Å²) in [6.07, 6.45) is -2.90. The normalized spacial score (nSPS) is 11.6. The molecule has 0 saturated heterocycles. The number of H-pyrrole nitrogens is 1. The summed E-state index contributed by atoms with van der Waals surface area (Å²) in [5.41, 5.74) is -0.645. The molecular formula is C21H15F3N4O3. The van der Waals surface area contributed by atoms with Gasteiger partial charge >= 0.3 is 6.18 Å². The van der Waals surface area contributed by atoms with Gasteiger partial charge in [-0.3, -0.25) is 14.4 Å². The lowest BCUT2D eigenvalue weighted by molar-refractivity contribution is -0.137. The number of fused-ring (bicyclic) bond motifs is 1. The Morgan fingerprint density at radius 2 is 1.58 bits per heavy atom. The number of hydrogen-bond donors (Lipinski definition) is 4. The van der Waals surface area contributed by atoms with Gasteiger partial charge in [-0.15, -0.1) is 0 Å². The molecule has 0 spiro atoms. The molecule has 0 aliphatic rings. The van der Waals surface area contributed by atoms with E-state index in [1.54, 1.807) is 24.4 Å². The van der Waals surface area contributed by atoms with Crippen LogP contribution < -0.4 is 26.8 Å². The lowest BCUT2D eigenvalue weighted by Gasteiger charge is -2.15. The third-order valence-corrected chi connectivity index (χ3v) is 4.82. The SMILES string of the molecule is CNC(=O)c1ccc2[nH]cc(Nc3c(Nc4ccc(C(F)(F)F)cc4)c(=O)c3=O)c2c1. The summed E-state index contributed by atoms with van der Waals surface area (Å²) in [7, 11) is 1.51. The van der Waals surface area contributed by atoms with Crippen molar-refractivity contribution in [3.63, 3.8) is 0 Å². The molecule has 4 rings (SSSR count). The van der Waals surface area contributed by atoms with E-state index in [-0.39, 0.29) is 23.0 Å². The van der Waals surface area contributed by atoms with Crippen LogP contribution in [0.15, 0.2) is 58.3 Å². The fourth-order valence-corrected chi connectivity index (χ4v) is 3.16. The Kier molecular flexibility index (Phi) is 4.77. The first-order valence-electron chi connectivity index (χ1n) is 9.07. The molecule has 0 aliphatic carbocycles. The van der Waals surface area contributed by atoms with E-state index in [2.05, 4.69) is 20.9 Å². The molecule has 158 valence electrons. The predicted molar refractivity (Wildman–Crippen MR) is 111 cm³/mol. The number of amides is 1. The van der Waals surface area contributed by atoms with Crippen molar-refractivity contribution in [1.82, 2.24) is 10.3 Å². The van der Waals surface area contributed by atoms with Crippen molar-refractivity contribution in [2.24, 2.45) is 0 Å². The van der Waals surface area contributed by atoms with Crippen LogP contribution in [-0.4, -0.2) is 17.9 Å². The fraction of sp³-hybridized carbons (Fsp3) is 0.0952. The number of anilines is 4. The number of rotatable bonds is 5. The minimum Gasteiger partial charge on any atom is -0.359 e. The van der Waals surface area contributed by atoms with Crippen molar-refractivity contribution in [3.05, 3.63) is 80.2 Å². The summed E-state index contributed by atoms with van der Waals surface area (Å²) in [5, 5.41) is 8.71. The molecule has 1 heterocycles. The molecule has 7 nitrogen and oxygen atoms in total. The van der Waals surface area contributed by atoms with E-state index in [1.165, 1.54) is 19.2 Å². The number of alkyl halides is 3. The number of aromatic amines is 1. The molecule has 0 atom stereocenters. The Morgan fingerprint density at radius 3 is 2.19 bits per heavy atom. The van der Waals surface area contributed by atoms with Crippen molar-refractivity contribution in [2.45, 2.75) is 6.18 Å². The molecule has 4 N–H and O–H groups in total. The van der Waals surface area contributed by atoms with Gasteiger partial charge in [0, 0.05) is 35.4 Å². The quantitative estimate of drug-likeness (QED) is 0.364. The summed E-state index contributed by atoms with van der Waals surface area (Å²) in [6.45, 7) is 0. The number of halogens is 3. The highest BCUT2D eigenvalue weighted by molar-refractivity contribution is 6.02. The molecule has 1 aromatic heterocycles. The molecular weight excluding hydrogens is 413 g/mol. The van der Waals surface area contributed by atoms with Crippen molar-refractivity contribution in [1.29, 1.82) is 0 Å². The molecule has 3 aromatic carbocycles. The smallest absolute Gasteiger partial charge is 0.359 e. The van der Waals surface area contributed by atoms with Gasteiger partial charge in [0.15, 0.2) is 0 Å². The minimum atomic E-state index is -4.48. The van der Waals surface area contributed by atoms with Crippen LogP contribution in [-0.2, 0) is 6.18 Å². The number of carbonyl (C=O) groups is 1. The van der Waals surface area contributed by atoms with Crippen molar-refractivity contribution in [2.75, 3.05) is 17.7 Å². The second-order valence-electron chi connectivity index (χ2n) is 6.78. The Balaban J connectivity index is 1.63. The van der Waals surface area contributed by atoms with Gasteiger partial charge in [-0.2, -0.15) is 13.2 Å².